The minimum atomic E-state index is 0. The van der Waals surface area contributed by atoms with Crippen LogP contribution in [0.3, 0.4) is 0 Å². The number of halogens is 3. The van der Waals surface area contributed by atoms with Crippen LogP contribution in [0.1, 0.15) is 54.2 Å². The second kappa shape index (κ2) is 19.4. The van der Waals surface area contributed by atoms with E-state index in [0.717, 1.165) is 38.9 Å². The molecule has 0 aliphatic carbocycles. The Balaban J connectivity index is 0.00000294. The van der Waals surface area contributed by atoms with Crippen LogP contribution in [-0.2, 0) is 38.9 Å². The molecule has 3 N–H and O–H groups in total. The SMILES string of the molecule is CCc1c(C[NH+](C)c2ccccc2)c(CC)c(C[NH+](C)c2ccccc2)c(CC)c1C[NH+](C)c1ccccc1.[I-].[I-].[I-]. The minimum absolute atomic E-state index is 0. The molecule has 42 heavy (non-hydrogen) atoms. The summed E-state index contributed by atoms with van der Waals surface area (Å²) < 4.78 is 0. The second-order valence-corrected chi connectivity index (χ2v) is 10.9. The van der Waals surface area contributed by atoms with E-state index in [0.29, 0.717) is 0 Å². The van der Waals surface area contributed by atoms with Gasteiger partial charge in [-0.3, -0.25) is 0 Å². The number of para-hydroxylation sites is 3. The standard InChI is InChI=1S/C36H45N3.3HI/c1-7-31-34(25-37(4)28-19-13-10-14-20-28)32(8-2)36(27-39(6)30-23-17-12-18-24-30)33(9-3)35(31)26-38(5)29-21-15-11-16-22-29;;;/h10-24H,7-9,25-27H2,1-6H3;3*1H. The minimum Gasteiger partial charge on any atom is -1.00 e. The quantitative estimate of drug-likeness (QED) is 0.119. The van der Waals surface area contributed by atoms with E-state index in [1.54, 1.807) is 33.4 Å². The van der Waals surface area contributed by atoms with Gasteiger partial charge >= 0.3 is 0 Å². The Kier molecular flexibility index (Phi) is 18.0. The highest BCUT2D eigenvalue weighted by atomic mass is 127. The summed E-state index contributed by atoms with van der Waals surface area (Å²) in [5, 5.41) is 0. The van der Waals surface area contributed by atoms with Crippen LogP contribution in [0.5, 0.6) is 0 Å². The summed E-state index contributed by atoms with van der Waals surface area (Å²) in [7, 11) is 6.97. The van der Waals surface area contributed by atoms with E-state index in [-0.39, 0.29) is 71.9 Å². The number of benzene rings is 4. The molecule has 228 valence electrons. The molecule has 0 aromatic heterocycles. The van der Waals surface area contributed by atoms with Gasteiger partial charge in [0.15, 0.2) is 0 Å². The van der Waals surface area contributed by atoms with Crippen molar-refractivity contribution in [2.45, 2.75) is 59.7 Å². The van der Waals surface area contributed by atoms with Crippen molar-refractivity contribution < 1.29 is 86.6 Å². The molecule has 0 spiro atoms. The van der Waals surface area contributed by atoms with E-state index in [1.165, 1.54) is 31.8 Å². The number of rotatable bonds is 12. The smallest absolute Gasteiger partial charge is 0.131 e. The van der Waals surface area contributed by atoms with Crippen molar-refractivity contribution in [2.75, 3.05) is 21.1 Å². The molecule has 4 aromatic carbocycles. The third-order valence-electron chi connectivity index (χ3n) is 8.37. The molecule has 0 amide bonds. The normalized spacial score (nSPS) is 12.7. The van der Waals surface area contributed by atoms with E-state index in [9.17, 15) is 0 Å². The first-order valence-electron chi connectivity index (χ1n) is 14.8. The first kappa shape index (κ1) is 39.0. The highest BCUT2D eigenvalue weighted by Gasteiger charge is 2.27. The lowest BCUT2D eigenvalue weighted by molar-refractivity contribution is -0.827. The first-order chi connectivity index (χ1) is 19.0. The molecule has 0 aliphatic rings. The predicted octanol–water partition coefficient (Wildman–Crippen LogP) is -4.58. The van der Waals surface area contributed by atoms with Crippen LogP contribution in [0.4, 0.5) is 17.1 Å². The van der Waals surface area contributed by atoms with E-state index in [4.69, 9.17) is 0 Å². The summed E-state index contributed by atoms with van der Waals surface area (Å²) in [6, 6.07) is 32.9. The van der Waals surface area contributed by atoms with Gasteiger partial charge in [0.05, 0.1) is 21.1 Å². The lowest BCUT2D eigenvalue weighted by Gasteiger charge is -2.28. The number of hydrogen-bond acceptors (Lipinski definition) is 0. The molecular formula is C36H48I3N3. The lowest BCUT2D eigenvalue weighted by Crippen LogP contribution is -3.03. The maximum atomic E-state index is 2.36. The Hall–Kier alpha value is -1.05. The summed E-state index contributed by atoms with van der Waals surface area (Å²) in [6.45, 7) is 10.1. The van der Waals surface area contributed by atoms with Crippen LogP contribution in [-0.4, -0.2) is 21.1 Å². The zero-order valence-electron chi connectivity index (χ0n) is 26.0. The molecule has 0 saturated heterocycles. The average Bonchev–Trinajstić information content (AvgIpc) is 2.98. The fourth-order valence-corrected chi connectivity index (χ4v) is 6.28. The molecule has 0 bridgehead atoms. The molecule has 0 heterocycles. The van der Waals surface area contributed by atoms with E-state index in [2.05, 4.69) is 133 Å². The maximum absolute atomic E-state index is 2.36. The molecule has 0 aliphatic heterocycles. The van der Waals surface area contributed by atoms with Gasteiger partial charge in [-0.05, 0) is 72.4 Å². The fourth-order valence-electron chi connectivity index (χ4n) is 6.28. The van der Waals surface area contributed by atoms with Crippen molar-refractivity contribution in [3.63, 3.8) is 0 Å². The van der Waals surface area contributed by atoms with Gasteiger partial charge < -0.3 is 86.6 Å². The molecule has 3 unspecified atom stereocenters. The average molecular weight is 904 g/mol. The van der Waals surface area contributed by atoms with Gasteiger partial charge in [-0.2, -0.15) is 0 Å². The highest BCUT2D eigenvalue weighted by Crippen LogP contribution is 2.30. The van der Waals surface area contributed by atoms with Gasteiger partial charge in [-0.25, -0.2) is 0 Å². The van der Waals surface area contributed by atoms with Crippen LogP contribution in [0.15, 0.2) is 91.0 Å². The van der Waals surface area contributed by atoms with Crippen LogP contribution in [0.2, 0.25) is 0 Å². The van der Waals surface area contributed by atoms with Crippen LogP contribution < -0.4 is 86.6 Å². The number of nitrogens with one attached hydrogen (secondary N) is 3. The lowest BCUT2D eigenvalue weighted by atomic mass is 9.82. The zero-order chi connectivity index (χ0) is 27.8. The van der Waals surface area contributed by atoms with E-state index < -0.39 is 0 Å². The summed E-state index contributed by atoms with van der Waals surface area (Å²) in [4.78, 5) is 4.36. The Bertz CT molecular complexity index is 1150. The van der Waals surface area contributed by atoms with Crippen molar-refractivity contribution in [3.8, 4) is 0 Å². The molecule has 3 atom stereocenters. The van der Waals surface area contributed by atoms with E-state index in [1.807, 2.05) is 0 Å². The molecule has 0 saturated carbocycles. The molecule has 0 radical (unpaired) electrons. The molecular weight excluding hydrogens is 855 g/mol. The van der Waals surface area contributed by atoms with Crippen LogP contribution in [0, 0.1) is 0 Å². The number of quaternary nitrogens is 3. The third-order valence-corrected chi connectivity index (χ3v) is 8.37. The van der Waals surface area contributed by atoms with Gasteiger partial charge in [-0.15, -0.1) is 0 Å². The van der Waals surface area contributed by atoms with Crippen molar-refractivity contribution in [1.82, 2.24) is 0 Å². The van der Waals surface area contributed by atoms with Crippen molar-refractivity contribution in [1.29, 1.82) is 0 Å². The zero-order valence-corrected chi connectivity index (χ0v) is 32.5. The largest absolute Gasteiger partial charge is 1.00 e. The molecule has 4 aromatic rings. The third kappa shape index (κ3) is 9.47. The topological polar surface area (TPSA) is 13.3 Å². The Labute approximate surface area is 306 Å². The second-order valence-electron chi connectivity index (χ2n) is 10.9. The summed E-state index contributed by atoms with van der Waals surface area (Å²) >= 11 is 0. The predicted molar refractivity (Wildman–Crippen MR) is 165 cm³/mol. The molecule has 4 rings (SSSR count). The van der Waals surface area contributed by atoms with Crippen molar-refractivity contribution in [2.24, 2.45) is 0 Å². The van der Waals surface area contributed by atoms with Crippen LogP contribution in [0.25, 0.3) is 0 Å². The first-order valence-corrected chi connectivity index (χ1v) is 14.8. The highest BCUT2D eigenvalue weighted by molar-refractivity contribution is 5.52. The maximum Gasteiger partial charge on any atom is 0.131 e. The van der Waals surface area contributed by atoms with Gasteiger partial charge in [0.2, 0.25) is 0 Å². The Morgan fingerprint density at radius 3 is 0.762 bits per heavy atom. The molecule has 0 fully saturated rings. The monoisotopic (exact) mass is 903 g/mol. The van der Waals surface area contributed by atoms with Crippen LogP contribution >= 0.6 is 0 Å². The number of hydrogen-bond donors (Lipinski definition) is 3. The van der Waals surface area contributed by atoms with E-state index >= 15 is 0 Å². The fraction of sp³-hybridized carbons (Fsp3) is 0.333. The summed E-state index contributed by atoms with van der Waals surface area (Å²) in [6.07, 6.45) is 3.20. The van der Waals surface area contributed by atoms with Gasteiger partial charge in [0, 0.05) is 16.7 Å². The van der Waals surface area contributed by atoms with Gasteiger partial charge in [0.1, 0.15) is 36.7 Å². The Morgan fingerprint density at radius 2 is 0.571 bits per heavy atom. The Morgan fingerprint density at radius 1 is 0.357 bits per heavy atom. The van der Waals surface area contributed by atoms with Crippen molar-refractivity contribution >= 4 is 17.1 Å². The molecule has 3 nitrogen and oxygen atoms in total. The summed E-state index contributed by atoms with van der Waals surface area (Å²) in [5.74, 6) is 0. The van der Waals surface area contributed by atoms with Gasteiger partial charge in [0.25, 0.3) is 0 Å². The van der Waals surface area contributed by atoms with Gasteiger partial charge in [-0.1, -0.05) is 75.4 Å². The summed E-state index contributed by atoms with van der Waals surface area (Å²) in [5.41, 5.74) is 13.5. The molecule has 6 heteroatoms. The van der Waals surface area contributed by atoms with Crippen molar-refractivity contribution in [3.05, 3.63) is 124 Å².